The van der Waals surface area contributed by atoms with Crippen LogP contribution in [0.2, 0.25) is 0 Å². The van der Waals surface area contributed by atoms with Crippen LogP contribution in [0.5, 0.6) is 5.75 Å². The molecule has 5 heteroatoms. The lowest BCUT2D eigenvalue weighted by atomic mass is 10.1. The molecule has 0 aromatic heterocycles. The first-order valence-corrected chi connectivity index (χ1v) is 5.48. The zero-order chi connectivity index (χ0) is 12.8. The molecule has 0 saturated heterocycles. The zero-order valence-electron chi connectivity index (χ0n) is 9.69. The molecule has 5 nitrogen and oxygen atoms in total. The van der Waals surface area contributed by atoms with Crippen molar-refractivity contribution in [2.24, 2.45) is 5.73 Å². The van der Waals surface area contributed by atoms with Gasteiger partial charge in [0, 0.05) is 6.42 Å². The van der Waals surface area contributed by atoms with E-state index in [0.717, 1.165) is 12.8 Å². The first-order chi connectivity index (χ1) is 8.06. The third kappa shape index (κ3) is 3.48. The number of para-hydroxylation sites is 1. The second kappa shape index (κ2) is 5.89. The monoisotopic (exact) mass is 236 g/mol. The van der Waals surface area contributed by atoms with E-state index in [0.29, 0.717) is 6.42 Å². The lowest BCUT2D eigenvalue weighted by Gasteiger charge is -2.09. The molecule has 0 aliphatic rings. The van der Waals surface area contributed by atoms with Crippen LogP contribution in [0.3, 0.4) is 0 Å². The molecule has 0 atom stereocenters. The molecule has 1 aromatic rings. The molecule has 0 saturated carbocycles. The molecule has 1 rings (SSSR count). The molecule has 0 heterocycles. The fourth-order valence-corrected chi connectivity index (χ4v) is 1.39. The number of carbonyl (C=O) groups excluding carboxylic acids is 2. The number of aromatic hydroxyl groups is 1. The highest BCUT2D eigenvalue weighted by atomic mass is 16.3. The first-order valence-electron chi connectivity index (χ1n) is 5.48. The summed E-state index contributed by atoms with van der Waals surface area (Å²) in [5.74, 6) is -1.21. The highest BCUT2D eigenvalue weighted by Gasteiger charge is 2.12. The van der Waals surface area contributed by atoms with Crippen molar-refractivity contribution in [3.05, 3.63) is 23.8 Å². The van der Waals surface area contributed by atoms with Crippen LogP contribution < -0.4 is 11.1 Å². The third-order valence-corrected chi connectivity index (χ3v) is 2.33. The van der Waals surface area contributed by atoms with Crippen LogP contribution in [-0.4, -0.2) is 16.9 Å². The average Bonchev–Trinajstić information content (AvgIpc) is 2.28. The Kier molecular flexibility index (Phi) is 4.51. The Balaban J connectivity index is 2.81. The summed E-state index contributed by atoms with van der Waals surface area (Å²) >= 11 is 0. The molecule has 0 fully saturated rings. The van der Waals surface area contributed by atoms with Gasteiger partial charge in [0.05, 0.1) is 11.3 Å². The standard InChI is InChI=1S/C12H16N2O3/c1-2-3-7-10(15)14-9-6-4-5-8(11(9)16)12(13)17/h4-6,16H,2-3,7H2,1H3,(H2,13,17)(H,14,15). The van der Waals surface area contributed by atoms with Crippen LogP contribution in [-0.2, 0) is 4.79 Å². The fourth-order valence-electron chi connectivity index (χ4n) is 1.39. The number of carbonyl (C=O) groups is 2. The maximum atomic E-state index is 11.5. The van der Waals surface area contributed by atoms with Gasteiger partial charge in [-0.15, -0.1) is 0 Å². The van der Waals surface area contributed by atoms with Crippen molar-refractivity contribution in [2.45, 2.75) is 26.2 Å². The van der Waals surface area contributed by atoms with Gasteiger partial charge in [-0.2, -0.15) is 0 Å². The average molecular weight is 236 g/mol. The smallest absolute Gasteiger partial charge is 0.252 e. The molecule has 0 radical (unpaired) electrons. The van der Waals surface area contributed by atoms with Gasteiger partial charge in [-0.3, -0.25) is 9.59 Å². The Morgan fingerprint density at radius 1 is 1.41 bits per heavy atom. The SMILES string of the molecule is CCCCC(=O)Nc1cccc(C(N)=O)c1O. The molecule has 0 aliphatic carbocycles. The minimum absolute atomic E-state index is 0.00158. The van der Waals surface area contributed by atoms with Crippen LogP contribution in [0.25, 0.3) is 0 Å². The van der Waals surface area contributed by atoms with E-state index < -0.39 is 5.91 Å². The molecule has 17 heavy (non-hydrogen) atoms. The molecule has 2 amide bonds. The Labute approximate surface area is 99.6 Å². The third-order valence-electron chi connectivity index (χ3n) is 2.33. The van der Waals surface area contributed by atoms with E-state index in [-0.39, 0.29) is 22.9 Å². The summed E-state index contributed by atoms with van der Waals surface area (Å²) in [6, 6.07) is 4.47. The topological polar surface area (TPSA) is 92.4 Å². The molecule has 4 N–H and O–H groups in total. The number of unbranched alkanes of at least 4 members (excludes halogenated alkanes) is 1. The summed E-state index contributed by atoms with van der Waals surface area (Å²) in [4.78, 5) is 22.4. The Bertz CT molecular complexity index is 430. The Morgan fingerprint density at radius 2 is 2.12 bits per heavy atom. The van der Waals surface area contributed by atoms with E-state index in [9.17, 15) is 14.7 Å². The van der Waals surface area contributed by atoms with Crippen molar-refractivity contribution in [3.8, 4) is 5.75 Å². The lowest BCUT2D eigenvalue weighted by Crippen LogP contribution is -2.14. The molecule has 0 aliphatic heterocycles. The van der Waals surface area contributed by atoms with E-state index in [2.05, 4.69) is 5.32 Å². The van der Waals surface area contributed by atoms with Crippen LogP contribution in [0.1, 0.15) is 36.5 Å². The second-order valence-corrected chi connectivity index (χ2v) is 3.72. The van der Waals surface area contributed by atoms with Crippen LogP contribution in [0.15, 0.2) is 18.2 Å². The van der Waals surface area contributed by atoms with Crippen molar-refractivity contribution in [3.63, 3.8) is 0 Å². The summed E-state index contributed by atoms with van der Waals surface area (Å²) < 4.78 is 0. The predicted octanol–water partition coefficient (Wildman–Crippen LogP) is 1.62. The van der Waals surface area contributed by atoms with Gasteiger partial charge in [0.2, 0.25) is 5.91 Å². The van der Waals surface area contributed by atoms with E-state index in [1.54, 1.807) is 6.07 Å². The summed E-state index contributed by atoms with van der Waals surface area (Å²) in [5, 5.41) is 12.3. The van der Waals surface area contributed by atoms with Gasteiger partial charge in [-0.1, -0.05) is 19.4 Å². The number of nitrogens with two attached hydrogens (primary N) is 1. The molecule has 0 spiro atoms. The van der Waals surface area contributed by atoms with Gasteiger partial charge in [-0.05, 0) is 18.6 Å². The van der Waals surface area contributed by atoms with Crippen molar-refractivity contribution in [1.29, 1.82) is 0 Å². The van der Waals surface area contributed by atoms with Crippen LogP contribution >= 0.6 is 0 Å². The quantitative estimate of drug-likeness (QED) is 0.678. The maximum Gasteiger partial charge on any atom is 0.252 e. The van der Waals surface area contributed by atoms with Crippen molar-refractivity contribution in [1.82, 2.24) is 0 Å². The number of rotatable bonds is 5. The highest BCUT2D eigenvalue weighted by molar-refractivity contribution is 6.00. The number of hydrogen-bond acceptors (Lipinski definition) is 3. The second-order valence-electron chi connectivity index (χ2n) is 3.72. The van der Waals surface area contributed by atoms with Gasteiger partial charge in [0.1, 0.15) is 0 Å². The molecule has 92 valence electrons. The van der Waals surface area contributed by atoms with E-state index >= 15 is 0 Å². The molecular weight excluding hydrogens is 220 g/mol. The highest BCUT2D eigenvalue weighted by Crippen LogP contribution is 2.27. The van der Waals surface area contributed by atoms with Crippen LogP contribution in [0.4, 0.5) is 5.69 Å². The minimum Gasteiger partial charge on any atom is -0.505 e. The van der Waals surface area contributed by atoms with Crippen molar-refractivity contribution >= 4 is 17.5 Å². The molecular formula is C12H16N2O3. The first kappa shape index (κ1) is 13.0. The zero-order valence-corrected chi connectivity index (χ0v) is 9.69. The molecule has 0 bridgehead atoms. The normalized spacial score (nSPS) is 9.94. The number of nitrogens with one attached hydrogen (secondary N) is 1. The summed E-state index contributed by atoms with van der Waals surface area (Å²) in [6.07, 6.45) is 2.08. The number of anilines is 1. The molecule has 1 aromatic carbocycles. The molecule has 0 unspecified atom stereocenters. The van der Waals surface area contributed by atoms with Gasteiger partial charge >= 0.3 is 0 Å². The Morgan fingerprint density at radius 3 is 2.71 bits per heavy atom. The number of amides is 2. The maximum absolute atomic E-state index is 11.5. The number of hydrogen-bond donors (Lipinski definition) is 3. The van der Waals surface area contributed by atoms with Gasteiger partial charge < -0.3 is 16.2 Å². The fraction of sp³-hybridized carbons (Fsp3) is 0.333. The van der Waals surface area contributed by atoms with Gasteiger partial charge in [0.25, 0.3) is 5.91 Å². The summed E-state index contributed by atoms with van der Waals surface area (Å²) in [5.41, 5.74) is 5.29. The van der Waals surface area contributed by atoms with E-state index in [1.807, 2.05) is 6.92 Å². The van der Waals surface area contributed by atoms with Crippen molar-refractivity contribution in [2.75, 3.05) is 5.32 Å². The summed E-state index contributed by atoms with van der Waals surface area (Å²) in [7, 11) is 0. The van der Waals surface area contributed by atoms with Gasteiger partial charge in [-0.25, -0.2) is 0 Å². The van der Waals surface area contributed by atoms with Crippen LogP contribution in [0, 0.1) is 0 Å². The van der Waals surface area contributed by atoms with Gasteiger partial charge in [0.15, 0.2) is 5.75 Å². The van der Waals surface area contributed by atoms with E-state index in [4.69, 9.17) is 5.73 Å². The number of phenols is 1. The number of benzene rings is 1. The largest absolute Gasteiger partial charge is 0.505 e. The van der Waals surface area contributed by atoms with E-state index in [1.165, 1.54) is 12.1 Å². The van der Waals surface area contributed by atoms with Crippen molar-refractivity contribution < 1.29 is 14.7 Å². The predicted molar refractivity (Wildman–Crippen MR) is 64.8 cm³/mol. The number of primary amides is 1. The minimum atomic E-state index is -0.729. The lowest BCUT2D eigenvalue weighted by molar-refractivity contribution is -0.116. The Hall–Kier alpha value is -2.04. The summed E-state index contributed by atoms with van der Waals surface area (Å²) in [6.45, 7) is 1.98.